The molecule has 1 aromatic carbocycles. The lowest BCUT2D eigenvalue weighted by Gasteiger charge is -2.66. The summed E-state index contributed by atoms with van der Waals surface area (Å²) < 4.78 is 26.3. The standard InChI is InChI=1S/C17H20ClN3O3S/c1-15(2,3)25(23,24)21-13-5-4-11(18)6-12(13)14(22)20-17-7-16(8-17,9-17)10-19/h4-6,21H,7-9H2,1-3H3,(H,20,22). The van der Waals surface area contributed by atoms with Crippen LogP contribution in [0.1, 0.15) is 50.4 Å². The fraction of sp³-hybridized carbons (Fsp3) is 0.529. The van der Waals surface area contributed by atoms with Gasteiger partial charge in [0.1, 0.15) is 0 Å². The number of amides is 1. The van der Waals surface area contributed by atoms with Gasteiger partial charge in [0.25, 0.3) is 5.91 Å². The molecule has 134 valence electrons. The van der Waals surface area contributed by atoms with Crippen LogP contribution in [-0.2, 0) is 10.0 Å². The number of rotatable bonds is 4. The largest absolute Gasteiger partial charge is 0.346 e. The zero-order valence-corrected chi connectivity index (χ0v) is 15.9. The fourth-order valence-corrected chi connectivity index (χ4v) is 4.38. The second kappa shape index (κ2) is 5.36. The van der Waals surface area contributed by atoms with Crippen molar-refractivity contribution >= 4 is 33.2 Å². The summed E-state index contributed by atoms with van der Waals surface area (Å²) in [7, 11) is -3.67. The molecule has 0 radical (unpaired) electrons. The van der Waals surface area contributed by atoms with E-state index in [0.29, 0.717) is 24.3 Å². The van der Waals surface area contributed by atoms with Gasteiger partial charge in [-0.05, 0) is 58.2 Å². The van der Waals surface area contributed by atoms with Crippen LogP contribution >= 0.6 is 11.6 Å². The smallest absolute Gasteiger partial charge is 0.253 e. The van der Waals surface area contributed by atoms with Crippen molar-refractivity contribution in [1.29, 1.82) is 5.26 Å². The highest BCUT2D eigenvalue weighted by atomic mass is 35.5. The molecule has 0 saturated heterocycles. The third kappa shape index (κ3) is 2.98. The number of benzene rings is 1. The topological polar surface area (TPSA) is 99.1 Å². The number of nitrogens with zero attached hydrogens (tertiary/aromatic N) is 1. The Balaban J connectivity index is 1.83. The number of hydrogen-bond acceptors (Lipinski definition) is 4. The third-order valence-corrected chi connectivity index (χ3v) is 7.26. The molecule has 3 aliphatic rings. The number of sulfonamides is 1. The molecule has 6 nitrogen and oxygen atoms in total. The Labute approximate surface area is 152 Å². The van der Waals surface area contributed by atoms with Crippen LogP contribution in [0.25, 0.3) is 0 Å². The quantitative estimate of drug-likeness (QED) is 0.837. The van der Waals surface area contributed by atoms with Crippen molar-refractivity contribution in [3.05, 3.63) is 28.8 Å². The van der Waals surface area contributed by atoms with Crippen molar-refractivity contribution in [3.63, 3.8) is 0 Å². The first kappa shape index (κ1) is 18.0. The monoisotopic (exact) mass is 381 g/mol. The van der Waals surface area contributed by atoms with Gasteiger partial charge in [-0.1, -0.05) is 11.6 Å². The molecular formula is C17H20ClN3O3S. The number of nitriles is 1. The van der Waals surface area contributed by atoms with Crippen LogP contribution in [0.5, 0.6) is 0 Å². The van der Waals surface area contributed by atoms with E-state index >= 15 is 0 Å². The molecule has 2 N–H and O–H groups in total. The van der Waals surface area contributed by atoms with E-state index < -0.39 is 14.8 Å². The highest BCUT2D eigenvalue weighted by Gasteiger charge is 2.69. The van der Waals surface area contributed by atoms with Gasteiger partial charge in [0.2, 0.25) is 10.0 Å². The van der Waals surface area contributed by atoms with Crippen LogP contribution in [0.2, 0.25) is 5.02 Å². The van der Waals surface area contributed by atoms with Crippen molar-refractivity contribution in [1.82, 2.24) is 5.32 Å². The number of halogens is 1. The van der Waals surface area contributed by atoms with Gasteiger partial charge < -0.3 is 5.32 Å². The summed E-state index contributed by atoms with van der Waals surface area (Å²) in [5.41, 5.74) is -0.248. The molecule has 0 aromatic heterocycles. The molecule has 2 bridgehead atoms. The highest BCUT2D eigenvalue weighted by molar-refractivity contribution is 7.94. The predicted octanol–water partition coefficient (Wildman–Crippen LogP) is 3.06. The van der Waals surface area contributed by atoms with Crippen molar-refractivity contribution in [2.45, 2.75) is 50.3 Å². The van der Waals surface area contributed by atoms with E-state index in [2.05, 4.69) is 16.1 Å². The van der Waals surface area contributed by atoms with E-state index in [1.54, 1.807) is 20.8 Å². The zero-order chi connectivity index (χ0) is 18.7. The van der Waals surface area contributed by atoms with E-state index in [4.69, 9.17) is 16.9 Å². The first-order valence-electron chi connectivity index (χ1n) is 7.97. The summed E-state index contributed by atoms with van der Waals surface area (Å²) in [4.78, 5) is 12.7. The van der Waals surface area contributed by atoms with Gasteiger partial charge in [-0.15, -0.1) is 0 Å². The van der Waals surface area contributed by atoms with Crippen molar-refractivity contribution < 1.29 is 13.2 Å². The molecule has 1 aromatic rings. The van der Waals surface area contributed by atoms with Crippen LogP contribution in [0.4, 0.5) is 5.69 Å². The van der Waals surface area contributed by atoms with Crippen molar-refractivity contribution in [2.24, 2.45) is 5.41 Å². The van der Waals surface area contributed by atoms with Gasteiger partial charge in [0.05, 0.1) is 27.5 Å². The Morgan fingerprint density at radius 1 is 1.28 bits per heavy atom. The summed E-state index contributed by atoms with van der Waals surface area (Å²) in [6.07, 6.45) is 1.93. The van der Waals surface area contributed by atoms with E-state index in [-0.39, 0.29) is 28.1 Å². The molecule has 8 heteroatoms. The molecule has 4 rings (SSSR count). The van der Waals surface area contributed by atoms with Gasteiger partial charge in [-0.25, -0.2) is 8.42 Å². The maximum Gasteiger partial charge on any atom is 0.253 e. The maximum absolute atomic E-state index is 12.7. The Morgan fingerprint density at radius 2 is 1.88 bits per heavy atom. The van der Waals surface area contributed by atoms with Crippen LogP contribution < -0.4 is 10.0 Å². The molecule has 0 atom stereocenters. The molecule has 0 heterocycles. The first-order valence-corrected chi connectivity index (χ1v) is 9.83. The molecule has 1 amide bonds. The van der Waals surface area contributed by atoms with E-state index in [1.807, 2.05) is 0 Å². The van der Waals surface area contributed by atoms with Gasteiger partial charge in [-0.2, -0.15) is 5.26 Å². The first-order chi connectivity index (χ1) is 11.4. The summed E-state index contributed by atoms with van der Waals surface area (Å²) in [6.45, 7) is 4.73. The average molecular weight is 382 g/mol. The van der Waals surface area contributed by atoms with Crippen LogP contribution in [0, 0.1) is 16.7 Å². The third-order valence-electron chi connectivity index (χ3n) is 4.92. The second-order valence-electron chi connectivity index (χ2n) is 8.06. The lowest BCUT2D eigenvalue weighted by atomic mass is 9.40. The van der Waals surface area contributed by atoms with Crippen LogP contribution in [0.15, 0.2) is 18.2 Å². The minimum absolute atomic E-state index is 0.177. The van der Waals surface area contributed by atoms with Crippen molar-refractivity contribution in [2.75, 3.05) is 4.72 Å². The maximum atomic E-state index is 12.7. The Kier molecular flexibility index (Phi) is 3.86. The number of anilines is 1. The van der Waals surface area contributed by atoms with Gasteiger partial charge in [0, 0.05) is 10.6 Å². The molecule has 3 fully saturated rings. The summed E-state index contributed by atoms with van der Waals surface area (Å²) >= 11 is 6.00. The Bertz CT molecular complexity index is 877. The van der Waals surface area contributed by atoms with E-state index in [0.717, 1.165) is 0 Å². The minimum atomic E-state index is -3.67. The lowest BCUT2D eigenvalue weighted by molar-refractivity contribution is -0.102. The fourth-order valence-electron chi connectivity index (χ4n) is 3.44. The molecule has 0 aliphatic heterocycles. The number of carbonyl (C=O) groups is 1. The molecule has 25 heavy (non-hydrogen) atoms. The normalized spacial score (nSPS) is 27.5. The molecular weight excluding hydrogens is 362 g/mol. The van der Waals surface area contributed by atoms with Crippen LogP contribution in [-0.4, -0.2) is 24.6 Å². The summed E-state index contributed by atoms with van der Waals surface area (Å²) in [5, 5.41) is 12.4. The molecule has 3 saturated carbocycles. The zero-order valence-electron chi connectivity index (χ0n) is 14.3. The van der Waals surface area contributed by atoms with Gasteiger partial charge >= 0.3 is 0 Å². The SMILES string of the molecule is CC(C)(C)S(=O)(=O)Nc1ccc(Cl)cc1C(=O)NC12CC(C#N)(C1)C2. The predicted molar refractivity (Wildman–Crippen MR) is 95.8 cm³/mol. The van der Waals surface area contributed by atoms with Gasteiger partial charge in [-0.3, -0.25) is 9.52 Å². The van der Waals surface area contributed by atoms with Gasteiger partial charge in [0.15, 0.2) is 0 Å². The van der Waals surface area contributed by atoms with Crippen LogP contribution in [0.3, 0.4) is 0 Å². The molecule has 3 aliphatic carbocycles. The second-order valence-corrected chi connectivity index (χ2v) is 10.9. The van der Waals surface area contributed by atoms with E-state index in [9.17, 15) is 13.2 Å². The van der Waals surface area contributed by atoms with E-state index in [1.165, 1.54) is 18.2 Å². The lowest BCUT2D eigenvalue weighted by Crippen LogP contribution is -2.74. The molecule has 0 unspecified atom stereocenters. The number of nitrogens with one attached hydrogen (secondary N) is 2. The Morgan fingerprint density at radius 3 is 2.40 bits per heavy atom. The number of hydrogen-bond donors (Lipinski definition) is 2. The Hall–Kier alpha value is -1.78. The number of carbonyl (C=O) groups excluding carboxylic acids is 1. The summed E-state index contributed by atoms with van der Waals surface area (Å²) in [5.74, 6) is -0.389. The average Bonchev–Trinajstić information content (AvgIpc) is 2.41. The highest BCUT2D eigenvalue weighted by Crippen LogP contribution is 2.66. The molecule has 0 spiro atoms. The van der Waals surface area contributed by atoms with Crippen molar-refractivity contribution in [3.8, 4) is 6.07 Å². The minimum Gasteiger partial charge on any atom is -0.346 e. The summed E-state index contributed by atoms with van der Waals surface area (Å²) in [6, 6.07) is 6.75.